The average molecular weight is 487 g/mol. The number of nitrogens with one attached hydrogen (secondary N) is 1. The monoisotopic (exact) mass is 486 g/mol. The van der Waals surface area contributed by atoms with Crippen molar-refractivity contribution in [3.63, 3.8) is 0 Å². The Bertz CT molecular complexity index is 1200. The fourth-order valence-electron chi connectivity index (χ4n) is 2.91. The molecule has 0 aliphatic rings. The lowest BCUT2D eigenvalue weighted by molar-refractivity contribution is -0.117. The van der Waals surface area contributed by atoms with Crippen molar-refractivity contribution in [3.8, 4) is 0 Å². The van der Waals surface area contributed by atoms with Crippen LogP contribution in [0.3, 0.4) is 0 Å². The van der Waals surface area contributed by atoms with E-state index >= 15 is 0 Å². The molecule has 3 aromatic carbocycles. The van der Waals surface area contributed by atoms with Crippen LogP contribution >= 0.6 is 23.4 Å². The molecular weight excluding hydrogens is 464 g/mol. The van der Waals surface area contributed by atoms with Crippen LogP contribution in [0.1, 0.15) is 11.1 Å². The lowest BCUT2D eigenvalue weighted by atomic mass is 10.1. The lowest BCUT2D eigenvalue weighted by Gasteiger charge is -2.10. The molecule has 0 atom stereocenters. The molecule has 0 saturated heterocycles. The summed E-state index contributed by atoms with van der Waals surface area (Å²) in [6.45, 7) is 0.406. The number of sulfonamides is 1. The van der Waals surface area contributed by atoms with Crippen molar-refractivity contribution in [2.45, 2.75) is 16.2 Å². The third kappa shape index (κ3) is 7.24. The zero-order valence-electron chi connectivity index (χ0n) is 17.2. The Morgan fingerprint density at radius 3 is 2.28 bits per heavy atom. The summed E-state index contributed by atoms with van der Waals surface area (Å²) < 4.78 is 22.7. The topological polar surface area (TPSA) is 89.3 Å². The second kappa shape index (κ2) is 11.3. The zero-order chi connectivity index (χ0) is 23.0. The number of nitrogens with two attached hydrogens (primary N) is 1. The number of thioether (sulfide) groups is 1. The van der Waals surface area contributed by atoms with Gasteiger partial charge in [-0.1, -0.05) is 60.1 Å². The summed E-state index contributed by atoms with van der Waals surface area (Å²) in [6.07, 6.45) is 2.37. The van der Waals surface area contributed by atoms with Gasteiger partial charge in [-0.05, 0) is 54.0 Å². The third-order valence-electron chi connectivity index (χ3n) is 4.62. The molecule has 166 valence electrons. The van der Waals surface area contributed by atoms with Gasteiger partial charge in [-0.3, -0.25) is 4.79 Å². The first kappa shape index (κ1) is 24.1. The molecule has 0 aromatic heterocycles. The van der Waals surface area contributed by atoms with Gasteiger partial charge in [0.15, 0.2) is 0 Å². The highest BCUT2D eigenvalue weighted by Crippen LogP contribution is 2.24. The Hall–Kier alpha value is -2.58. The number of rotatable bonds is 9. The van der Waals surface area contributed by atoms with Gasteiger partial charge in [-0.25, -0.2) is 13.6 Å². The fraction of sp³-hybridized carbons (Fsp3) is 0.125. The maximum Gasteiger partial charge on any atom is 0.248 e. The molecule has 5 nitrogen and oxygen atoms in total. The summed E-state index contributed by atoms with van der Waals surface area (Å²) in [5.41, 5.74) is 2.29. The van der Waals surface area contributed by atoms with E-state index < -0.39 is 10.0 Å². The first-order valence-corrected chi connectivity index (χ1v) is 12.8. The molecule has 0 spiro atoms. The maximum atomic E-state index is 12.9. The van der Waals surface area contributed by atoms with Crippen LogP contribution in [-0.2, 0) is 21.2 Å². The van der Waals surface area contributed by atoms with E-state index in [1.54, 1.807) is 30.0 Å². The van der Waals surface area contributed by atoms with E-state index in [0.29, 0.717) is 29.3 Å². The molecule has 0 saturated carbocycles. The number of hydrogen-bond acceptors (Lipinski definition) is 4. The Kier molecular flexibility index (Phi) is 8.53. The van der Waals surface area contributed by atoms with Gasteiger partial charge in [-0.15, -0.1) is 11.8 Å². The number of carbonyl (C=O) groups is 1. The van der Waals surface area contributed by atoms with Crippen LogP contribution in [0, 0.1) is 0 Å². The molecule has 3 rings (SSSR count). The highest BCUT2D eigenvalue weighted by atomic mass is 35.5. The molecule has 1 amide bonds. The van der Waals surface area contributed by atoms with E-state index in [0.717, 1.165) is 16.0 Å². The summed E-state index contributed by atoms with van der Waals surface area (Å²) in [5.74, 6) is 0.318. The number of carbonyl (C=O) groups excluding carboxylic acids is 1. The molecule has 0 aliphatic heterocycles. The average Bonchev–Trinajstić information content (AvgIpc) is 2.78. The minimum atomic E-state index is -3.72. The predicted molar refractivity (Wildman–Crippen MR) is 131 cm³/mol. The molecule has 0 fully saturated rings. The first-order chi connectivity index (χ1) is 15.3. The molecule has 0 heterocycles. The van der Waals surface area contributed by atoms with Crippen LogP contribution in [0.4, 0.5) is 0 Å². The normalized spacial score (nSPS) is 11.9. The van der Waals surface area contributed by atoms with Gasteiger partial charge in [0, 0.05) is 27.8 Å². The van der Waals surface area contributed by atoms with Crippen molar-refractivity contribution in [1.82, 2.24) is 5.32 Å². The number of primary sulfonamides is 1. The fourth-order valence-corrected chi connectivity index (χ4v) is 4.50. The maximum absolute atomic E-state index is 12.9. The van der Waals surface area contributed by atoms with Gasteiger partial charge in [-0.2, -0.15) is 0 Å². The minimum absolute atomic E-state index is 0.0631. The second-order valence-electron chi connectivity index (χ2n) is 6.99. The summed E-state index contributed by atoms with van der Waals surface area (Å²) in [4.78, 5) is 14.1. The van der Waals surface area contributed by atoms with Crippen molar-refractivity contribution in [2.75, 3.05) is 12.3 Å². The largest absolute Gasteiger partial charge is 0.352 e. The lowest BCUT2D eigenvalue weighted by Crippen LogP contribution is -2.28. The number of halogens is 1. The predicted octanol–water partition coefficient (Wildman–Crippen LogP) is 4.52. The molecule has 0 unspecified atom stereocenters. The van der Waals surface area contributed by atoms with E-state index in [9.17, 15) is 13.2 Å². The van der Waals surface area contributed by atoms with Crippen LogP contribution < -0.4 is 10.5 Å². The Morgan fingerprint density at radius 2 is 1.62 bits per heavy atom. The smallest absolute Gasteiger partial charge is 0.248 e. The van der Waals surface area contributed by atoms with E-state index in [1.165, 1.54) is 12.1 Å². The highest BCUT2D eigenvalue weighted by molar-refractivity contribution is 7.99. The Balaban J connectivity index is 1.67. The van der Waals surface area contributed by atoms with Gasteiger partial charge in [0.05, 0.1) is 4.90 Å². The van der Waals surface area contributed by atoms with Gasteiger partial charge in [0.2, 0.25) is 15.9 Å². The SMILES string of the molecule is NS(=O)(=O)c1ccc(CCNC(=O)/C(=C/c2ccccc2Cl)CSc2ccccc2)cc1. The van der Waals surface area contributed by atoms with Crippen molar-refractivity contribution in [2.24, 2.45) is 5.14 Å². The van der Waals surface area contributed by atoms with Crippen molar-refractivity contribution in [1.29, 1.82) is 0 Å². The van der Waals surface area contributed by atoms with E-state index in [-0.39, 0.29) is 10.8 Å². The van der Waals surface area contributed by atoms with Crippen LogP contribution in [0.2, 0.25) is 5.02 Å². The van der Waals surface area contributed by atoms with Crippen LogP contribution in [0.5, 0.6) is 0 Å². The summed E-state index contributed by atoms with van der Waals surface area (Å²) >= 11 is 7.86. The third-order valence-corrected chi connectivity index (χ3v) is 6.95. The standard InChI is InChI=1S/C24H23ClN2O3S2/c25-23-9-5-4-6-19(23)16-20(17-31-21-7-2-1-3-8-21)24(28)27-15-14-18-10-12-22(13-11-18)32(26,29)30/h1-13,16H,14-15,17H2,(H,27,28)(H2,26,29,30)/b20-16+. The van der Waals surface area contributed by atoms with Crippen molar-refractivity contribution >= 4 is 45.4 Å². The molecule has 0 aliphatic carbocycles. The van der Waals surface area contributed by atoms with Crippen LogP contribution in [0.25, 0.3) is 6.08 Å². The number of amides is 1. The molecule has 0 bridgehead atoms. The number of benzene rings is 3. The molecule has 32 heavy (non-hydrogen) atoms. The van der Waals surface area contributed by atoms with Gasteiger partial charge in [0.25, 0.3) is 0 Å². The quantitative estimate of drug-likeness (QED) is 0.343. The van der Waals surface area contributed by atoms with Gasteiger partial charge >= 0.3 is 0 Å². The van der Waals surface area contributed by atoms with Crippen molar-refractivity contribution in [3.05, 3.63) is 101 Å². The minimum Gasteiger partial charge on any atom is -0.352 e. The summed E-state index contributed by atoms with van der Waals surface area (Å²) in [5, 5.41) is 8.65. The molecular formula is C24H23ClN2O3S2. The van der Waals surface area contributed by atoms with Crippen LogP contribution in [0.15, 0.2) is 94.2 Å². The Morgan fingerprint density at radius 1 is 0.969 bits per heavy atom. The molecule has 8 heteroatoms. The zero-order valence-corrected chi connectivity index (χ0v) is 19.6. The van der Waals surface area contributed by atoms with Gasteiger partial charge in [0.1, 0.15) is 0 Å². The molecule has 3 aromatic rings. The highest BCUT2D eigenvalue weighted by Gasteiger charge is 2.12. The van der Waals surface area contributed by atoms with Crippen LogP contribution in [-0.4, -0.2) is 26.6 Å². The molecule has 0 radical (unpaired) electrons. The van der Waals surface area contributed by atoms with E-state index in [4.69, 9.17) is 16.7 Å². The number of hydrogen-bond donors (Lipinski definition) is 2. The molecule has 3 N–H and O–H groups in total. The summed E-state index contributed by atoms with van der Waals surface area (Å²) in [6, 6.07) is 23.6. The van der Waals surface area contributed by atoms with E-state index in [1.807, 2.05) is 54.6 Å². The summed E-state index contributed by atoms with van der Waals surface area (Å²) in [7, 11) is -3.72. The van der Waals surface area contributed by atoms with Gasteiger partial charge < -0.3 is 5.32 Å². The second-order valence-corrected chi connectivity index (χ2v) is 10.0. The first-order valence-electron chi connectivity index (χ1n) is 9.86. The van der Waals surface area contributed by atoms with E-state index in [2.05, 4.69) is 5.32 Å². The Labute approximate surface area is 197 Å². The van der Waals surface area contributed by atoms with Crippen molar-refractivity contribution < 1.29 is 13.2 Å².